The van der Waals surface area contributed by atoms with Crippen molar-refractivity contribution in [3.05, 3.63) is 23.2 Å². The van der Waals surface area contributed by atoms with E-state index in [0.29, 0.717) is 19.7 Å². The van der Waals surface area contributed by atoms with Gasteiger partial charge in [-0.05, 0) is 25.1 Å². The van der Waals surface area contributed by atoms with E-state index in [-0.39, 0.29) is 22.2 Å². The molecular weight excluding hydrogens is 384 g/mol. The second-order valence-electron chi connectivity index (χ2n) is 5.08. The van der Waals surface area contributed by atoms with E-state index in [9.17, 15) is 18.0 Å². The molecule has 0 atom stereocenters. The van der Waals surface area contributed by atoms with Crippen LogP contribution in [-0.2, 0) is 29.1 Å². The molecule has 0 bridgehead atoms. The lowest BCUT2D eigenvalue weighted by Crippen LogP contribution is -2.31. The lowest BCUT2D eigenvalue weighted by molar-refractivity contribution is -0.151. The molecule has 0 aliphatic rings. The third-order valence-corrected chi connectivity index (χ3v) is 5.86. The van der Waals surface area contributed by atoms with E-state index in [0.717, 1.165) is 0 Å². The smallest absolute Gasteiger partial charge is 0.332 e. The van der Waals surface area contributed by atoms with Crippen LogP contribution < -0.4 is 5.32 Å². The molecule has 146 valence electrons. The van der Waals surface area contributed by atoms with Gasteiger partial charge in [0, 0.05) is 25.4 Å². The fraction of sp³-hybridized carbons (Fsp3) is 0.500. The Hall–Kier alpha value is -1.68. The Labute approximate surface area is 158 Å². The van der Waals surface area contributed by atoms with Gasteiger partial charge in [0.05, 0.1) is 5.02 Å². The van der Waals surface area contributed by atoms with Gasteiger partial charge in [0.1, 0.15) is 11.5 Å². The lowest BCUT2D eigenvalue weighted by Gasteiger charge is -2.19. The maximum absolute atomic E-state index is 12.6. The second kappa shape index (κ2) is 10.5. The number of ether oxygens (including phenoxy) is 2. The summed E-state index contributed by atoms with van der Waals surface area (Å²) < 4.78 is 36.1. The van der Waals surface area contributed by atoms with Gasteiger partial charge in [-0.2, -0.15) is 4.31 Å². The zero-order valence-electron chi connectivity index (χ0n) is 15.0. The SMILES string of the molecule is CCOCC(=O)OCC(=O)Nc1ccc(Cl)c(S(=O)(=O)N(CC)CC)c1. The van der Waals surface area contributed by atoms with Gasteiger partial charge in [-0.3, -0.25) is 4.79 Å². The van der Waals surface area contributed by atoms with Crippen LogP contribution in [0.5, 0.6) is 0 Å². The van der Waals surface area contributed by atoms with Crippen molar-refractivity contribution in [2.24, 2.45) is 0 Å². The van der Waals surface area contributed by atoms with E-state index in [2.05, 4.69) is 5.32 Å². The van der Waals surface area contributed by atoms with Crippen molar-refractivity contribution >= 4 is 39.2 Å². The molecule has 0 heterocycles. The molecule has 0 unspecified atom stereocenters. The van der Waals surface area contributed by atoms with E-state index in [1.54, 1.807) is 20.8 Å². The minimum Gasteiger partial charge on any atom is -0.454 e. The highest BCUT2D eigenvalue weighted by atomic mass is 35.5. The molecule has 0 radical (unpaired) electrons. The number of amides is 1. The third kappa shape index (κ3) is 6.24. The predicted octanol–water partition coefficient (Wildman–Crippen LogP) is 1.89. The van der Waals surface area contributed by atoms with Crippen molar-refractivity contribution in [2.75, 3.05) is 38.2 Å². The van der Waals surface area contributed by atoms with E-state index in [1.807, 2.05) is 0 Å². The highest BCUT2D eigenvalue weighted by Gasteiger charge is 2.25. The maximum Gasteiger partial charge on any atom is 0.332 e. The van der Waals surface area contributed by atoms with Gasteiger partial charge in [0.25, 0.3) is 5.91 Å². The average Bonchev–Trinajstić information content (AvgIpc) is 2.60. The van der Waals surface area contributed by atoms with Crippen LogP contribution in [0.25, 0.3) is 0 Å². The van der Waals surface area contributed by atoms with E-state index >= 15 is 0 Å². The number of halogens is 1. The van der Waals surface area contributed by atoms with Gasteiger partial charge in [-0.1, -0.05) is 25.4 Å². The first kappa shape index (κ1) is 22.4. The molecular formula is C16H23ClN2O6S. The van der Waals surface area contributed by atoms with Gasteiger partial charge < -0.3 is 14.8 Å². The molecule has 0 aliphatic carbocycles. The minimum absolute atomic E-state index is 0.0537. The summed E-state index contributed by atoms with van der Waals surface area (Å²) in [4.78, 5) is 23.1. The second-order valence-corrected chi connectivity index (χ2v) is 7.39. The van der Waals surface area contributed by atoms with Crippen molar-refractivity contribution < 1.29 is 27.5 Å². The molecule has 8 nitrogen and oxygen atoms in total. The summed E-state index contributed by atoms with van der Waals surface area (Å²) in [6.07, 6.45) is 0. The molecule has 1 amide bonds. The highest BCUT2D eigenvalue weighted by Crippen LogP contribution is 2.27. The topological polar surface area (TPSA) is 102 Å². The third-order valence-electron chi connectivity index (χ3n) is 3.33. The number of anilines is 1. The molecule has 1 aromatic carbocycles. The molecule has 0 fully saturated rings. The van der Waals surface area contributed by atoms with Crippen LogP contribution in [0.1, 0.15) is 20.8 Å². The number of nitrogens with one attached hydrogen (secondary N) is 1. The van der Waals surface area contributed by atoms with Gasteiger partial charge in [-0.25, -0.2) is 13.2 Å². The summed E-state index contributed by atoms with van der Waals surface area (Å²) in [6, 6.07) is 4.12. The van der Waals surface area contributed by atoms with E-state index < -0.39 is 28.5 Å². The molecule has 0 aromatic heterocycles. The fourth-order valence-corrected chi connectivity index (χ4v) is 4.01. The summed E-state index contributed by atoms with van der Waals surface area (Å²) in [5.74, 6) is -1.27. The molecule has 10 heteroatoms. The Balaban J connectivity index is 2.84. The van der Waals surface area contributed by atoms with Crippen molar-refractivity contribution in [1.82, 2.24) is 4.31 Å². The predicted molar refractivity (Wildman–Crippen MR) is 97.6 cm³/mol. The number of carbonyl (C=O) groups excluding carboxylic acids is 2. The number of hydrogen-bond acceptors (Lipinski definition) is 6. The average molecular weight is 407 g/mol. The van der Waals surface area contributed by atoms with Gasteiger partial charge >= 0.3 is 5.97 Å². The molecule has 1 N–H and O–H groups in total. The van der Waals surface area contributed by atoms with Crippen LogP contribution in [0.15, 0.2) is 23.1 Å². The number of nitrogens with zero attached hydrogens (tertiary/aromatic N) is 1. The van der Waals surface area contributed by atoms with Crippen molar-refractivity contribution in [3.8, 4) is 0 Å². The van der Waals surface area contributed by atoms with Crippen LogP contribution in [0, 0.1) is 0 Å². The van der Waals surface area contributed by atoms with Crippen LogP contribution in [0.3, 0.4) is 0 Å². The molecule has 0 saturated carbocycles. The summed E-state index contributed by atoms with van der Waals surface area (Å²) in [5.41, 5.74) is 0.228. The van der Waals surface area contributed by atoms with Crippen LogP contribution in [0.2, 0.25) is 5.02 Å². The number of rotatable bonds is 10. The minimum atomic E-state index is -3.78. The van der Waals surface area contributed by atoms with Gasteiger partial charge in [-0.15, -0.1) is 0 Å². The monoisotopic (exact) mass is 406 g/mol. The largest absolute Gasteiger partial charge is 0.454 e. The number of esters is 1. The molecule has 0 aliphatic heterocycles. The highest BCUT2D eigenvalue weighted by molar-refractivity contribution is 7.89. The van der Waals surface area contributed by atoms with Crippen molar-refractivity contribution in [1.29, 1.82) is 0 Å². The van der Waals surface area contributed by atoms with Gasteiger partial charge in [0.15, 0.2) is 6.61 Å². The molecule has 0 saturated heterocycles. The standard InChI is InChI=1S/C16H23ClN2O6S/c1-4-19(5-2)26(22,23)14-9-12(7-8-13(14)17)18-15(20)10-25-16(21)11-24-6-3/h7-9H,4-6,10-11H2,1-3H3,(H,18,20). The fourth-order valence-electron chi connectivity index (χ4n) is 2.05. The van der Waals surface area contributed by atoms with Crippen LogP contribution in [-0.4, -0.2) is 57.5 Å². The Kier molecular flexibility index (Phi) is 9.00. The molecule has 26 heavy (non-hydrogen) atoms. The molecule has 1 aromatic rings. The first-order chi connectivity index (χ1) is 12.3. The van der Waals surface area contributed by atoms with Crippen LogP contribution >= 0.6 is 11.6 Å². The van der Waals surface area contributed by atoms with Crippen molar-refractivity contribution in [3.63, 3.8) is 0 Å². The Bertz CT molecular complexity index is 734. The first-order valence-electron chi connectivity index (χ1n) is 8.09. The zero-order chi connectivity index (χ0) is 19.7. The number of sulfonamides is 1. The summed E-state index contributed by atoms with van der Waals surface area (Å²) in [5, 5.41) is 2.52. The van der Waals surface area contributed by atoms with E-state index in [4.69, 9.17) is 21.1 Å². The normalized spacial score (nSPS) is 11.4. The summed E-state index contributed by atoms with van der Waals surface area (Å²) in [6.45, 7) is 5.36. The van der Waals surface area contributed by atoms with E-state index in [1.165, 1.54) is 22.5 Å². The maximum atomic E-state index is 12.6. The Morgan fingerprint density at radius 1 is 1.15 bits per heavy atom. The molecule has 0 spiro atoms. The first-order valence-corrected chi connectivity index (χ1v) is 9.90. The van der Waals surface area contributed by atoms with Gasteiger partial charge in [0.2, 0.25) is 10.0 Å². The number of hydrogen-bond donors (Lipinski definition) is 1. The number of carbonyl (C=O) groups is 2. The van der Waals surface area contributed by atoms with Crippen molar-refractivity contribution in [2.45, 2.75) is 25.7 Å². The molecule has 1 rings (SSSR count). The Morgan fingerprint density at radius 2 is 1.81 bits per heavy atom. The van der Waals surface area contributed by atoms with Crippen LogP contribution in [0.4, 0.5) is 5.69 Å². The quantitative estimate of drug-likeness (QED) is 0.595. The number of benzene rings is 1. The zero-order valence-corrected chi connectivity index (χ0v) is 16.5. The Morgan fingerprint density at radius 3 is 2.38 bits per heavy atom. The summed E-state index contributed by atoms with van der Waals surface area (Å²) >= 11 is 6.02. The lowest BCUT2D eigenvalue weighted by atomic mass is 10.3. The summed E-state index contributed by atoms with van der Waals surface area (Å²) in [7, 11) is -3.78.